The number of rotatable bonds is 12. The van der Waals surface area contributed by atoms with E-state index >= 15 is 0 Å². The Labute approximate surface area is 248 Å². The van der Waals surface area contributed by atoms with Crippen LogP contribution in [0.4, 0.5) is 5.69 Å². The number of nitro benzene ring substituents is 1. The van der Waals surface area contributed by atoms with Gasteiger partial charge in [-0.3, -0.25) is 14.9 Å². The van der Waals surface area contributed by atoms with Crippen LogP contribution in [0.5, 0.6) is 0 Å². The smallest absolute Gasteiger partial charge is 0.338 e. The Kier molecular flexibility index (Phi) is 13.3. The molecule has 0 radical (unpaired) electrons. The second-order valence-electron chi connectivity index (χ2n) is 8.54. The lowest BCUT2D eigenvalue weighted by Gasteiger charge is -2.07. The van der Waals surface area contributed by atoms with Gasteiger partial charge < -0.3 is 18.9 Å². The van der Waals surface area contributed by atoms with E-state index in [1.165, 1.54) is 13.0 Å². The molecule has 0 fully saturated rings. The normalized spacial score (nSPS) is 10.1. The molecule has 42 heavy (non-hydrogen) atoms. The van der Waals surface area contributed by atoms with Gasteiger partial charge in [-0.1, -0.05) is 35.4 Å². The van der Waals surface area contributed by atoms with E-state index in [0.29, 0.717) is 48.7 Å². The van der Waals surface area contributed by atoms with Gasteiger partial charge in [-0.05, 0) is 60.7 Å². The number of carbonyl (C=O) groups excluding carboxylic acids is 2. The van der Waals surface area contributed by atoms with Crippen molar-refractivity contribution >= 4 is 28.5 Å². The quantitative estimate of drug-likeness (QED) is 0.0731. The van der Waals surface area contributed by atoms with Gasteiger partial charge in [0.25, 0.3) is 5.69 Å². The van der Waals surface area contributed by atoms with Crippen molar-refractivity contribution in [2.45, 2.75) is 11.8 Å². The molecule has 3 aromatic rings. The van der Waals surface area contributed by atoms with Crippen molar-refractivity contribution in [1.82, 2.24) is 0 Å². The second-order valence-corrected chi connectivity index (χ2v) is 9.79. The maximum Gasteiger partial charge on any atom is 0.338 e. The minimum absolute atomic E-state index is 0.0147. The molecule has 0 saturated heterocycles. The fourth-order valence-corrected chi connectivity index (χ4v) is 3.96. The molecule has 0 amide bonds. The molecule has 0 N–H and O–H groups in total. The fraction of sp³-hybridized carbons (Fsp3) is 0.250. The summed E-state index contributed by atoms with van der Waals surface area (Å²) >= 11 is 1.12. The molecule has 0 atom stereocenters. The van der Waals surface area contributed by atoms with Gasteiger partial charge in [0.15, 0.2) is 5.12 Å². The number of esters is 1. The Morgan fingerprint density at radius 3 is 1.93 bits per heavy atom. The molecule has 0 aromatic heterocycles. The Bertz CT molecular complexity index is 1500. The van der Waals surface area contributed by atoms with Gasteiger partial charge in [-0.2, -0.15) is 0 Å². The summed E-state index contributed by atoms with van der Waals surface area (Å²) in [4.78, 5) is 35.4. The third kappa shape index (κ3) is 11.2. The molecule has 9 nitrogen and oxygen atoms in total. The zero-order chi connectivity index (χ0) is 30.2. The SMILES string of the molecule is COCCOCCOCCOC(=O)c1ccc(C#Cc2ccc(C#Cc3ccc(SC(C)=O)cc3)c([N+](=O)[O-])c2)cc1. The van der Waals surface area contributed by atoms with Crippen molar-refractivity contribution in [3.05, 3.63) is 105 Å². The van der Waals surface area contributed by atoms with Crippen molar-refractivity contribution in [3.8, 4) is 23.7 Å². The summed E-state index contributed by atoms with van der Waals surface area (Å²) in [6, 6.07) is 18.2. The molecular weight excluding hydrogens is 558 g/mol. The Hall–Kier alpha value is -4.45. The lowest BCUT2D eigenvalue weighted by Crippen LogP contribution is -2.13. The lowest BCUT2D eigenvalue weighted by atomic mass is 10.1. The predicted molar refractivity (Wildman–Crippen MR) is 158 cm³/mol. The van der Waals surface area contributed by atoms with Crippen LogP contribution in [-0.4, -0.2) is 62.8 Å². The van der Waals surface area contributed by atoms with Crippen molar-refractivity contribution in [3.63, 3.8) is 0 Å². The Morgan fingerprint density at radius 1 is 0.762 bits per heavy atom. The molecule has 0 bridgehead atoms. The minimum Gasteiger partial charge on any atom is -0.460 e. The molecule has 3 rings (SSSR count). The molecule has 0 saturated carbocycles. The first-order chi connectivity index (χ1) is 20.4. The molecule has 0 aliphatic heterocycles. The van der Waals surface area contributed by atoms with Crippen LogP contribution < -0.4 is 0 Å². The van der Waals surface area contributed by atoms with Gasteiger partial charge in [-0.25, -0.2) is 4.79 Å². The highest BCUT2D eigenvalue weighted by Crippen LogP contribution is 2.21. The van der Waals surface area contributed by atoms with Crippen LogP contribution in [0.3, 0.4) is 0 Å². The maximum atomic E-state index is 12.2. The van der Waals surface area contributed by atoms with E-state index in [2.05, 4.69) is 23.7 Å². The molecule has 0 aliphatic rings. The number of benzene rings is 3. The average Bonchev–Trinajstić information content (AvgIpc) is 2.99. The number of nitrogens with zero attached hydrogens (tertiary/aromatic N) is 1. The van der Waals surface area contributed by atoms with E-state index in [1.54, 1.807) is 67.8 Å². The van der Waals surface area contributed by atoms with Crippen LogP contribution in [0.1, 0.15) is 39.5 Å². The number of ether oxygens (including phenoxy) is 4. The summed E-state index contributed by atoms with van der Waals surface area (Å²) in [5, 5.41) is 11.7. The zero-order valence-corrected chi connectivity index (χ0v) is 24.0. The van der Waals surface area contributed by atoms with E-state index in [0.717, 1.165) is 16.7 Å². The van der Waals surface area contributed by atoms with E-state index in [-0.39, 0.29) is 29.6 Å². The zero-order valence-electron chi connectivity index (χ0n) is 23.2. The molecule has 0 spiro atoms. The van der Waals surface area contributed by atoms with E-state index in [9.17, 15) is 19.7 Å². The predicted octanol–water partition coefficient (Wildman–Crippen LogP) is 4.87. The highest BCUT2D eigenvalue weighted by Gasteiger charge is 2.13. The second kappa shape index (κ2) is 17.4. The molecule has 0 unspecified atom stereocenters. The Morgan fingerprint density at radius 2 is 1.31 bits per heavy atom. The van der Waals surface area contributed by atoms with Gasteiger partial charge in [0.1, 0.15) is 12.2 Å². The van der Waals surface area contributed by atoms with Crippen LogP contribution >= 0.6 is 11.8 Å². The number of nitro groups is 1. The van der Waals surface area contributed by atoms with Crippen molar-refractivity contribution in [1.29, 1.82) is 0 Å². The van der Waals surface area contributed by atoms with E-state index in [4.69, 9.17) is 18.9 Å². The minimum atomic E-state index is -0.496. The van der Waals surface area contributed by atoms with Crippen LogP contribution in [0.15, 0.2) is 71.6 Å². The third-order valence-corrected chi connectivity index (χ3v) is 6.18. The van der Waals surface area contributed by atoms with Crippen LogP contribution in [0, 0.1) is 33.8 Å². The largest absolute Gasteiger partial charge is 0.460 e. The average molecular weight is 588 g/mol. The number of carbonyl (C=O) groups is 2. The molecule has 10 heteroatoms. The van der Waals surface area contributed by atoms with Crippen LogP contribution in [0.2, 0.25) is 0 Å². The number of methoxy groups -OCH3 is 1. The number of hydrogen-bond acceptors (Lipinski definition) is 9. The summed E-state index contributed by atoms with van der Waals surface area (Å²) in [5.74, 6) is 11.2. The highest BCUT2D eigenvalue weighted by molar-refractivity contribution is 8.13. The summed E-state index contributed by atoms with van der Waals surface area (Å²) in [5.41, 5.74) is 2.22. The van der Waals surface area contributed by atoms with Crippen LogP contribution in [-0.2, 0) is 23.7 Å². The van der Waals surface area contributed by atoms with Gasteiger partial charge in [0.05, 0.1) is 43.5 Å². The highest BCUT2D eigenvalue weighted by atomic mass is 32.2. The van der Waals surface area contributed by atoms with Crippen molar-refractivity contribution in [2.24, 2.45) is 0 Å². The molecule has 216 valence electrons. The molecule has 0 heterocycles. The number of thioether (sulfide) groups is 1. The Balaban J connectivity index is 1.55. The molecular formula is C32H29NO8S. The van der Waals surface area contributed by atoms with Gasteiger partial charge in [-0.15, -0.1) is 0 Å². The van der Waals surface area contributed by atoms with Gasteiger partial charge >= 0.3 is 5.97 Å². The topological polar surface area (TPSA) is 114 Å². The monoisotopic (exact) mass is 587 g/mol. The van der Waals surface area contributed by atoms with Crippen molar-refractivity contribution < 1.29 is 33.5 Å². The van der Waals surface area contributed by atoms with E-state index < -0.39 is 10.9 Å². The standard InChI is InChI=1S/C32H29NO8S/c1-24(34)42-30-15-9-26(10-16-30)5-11-28-12-8-27(23-31(28)33(36)37)4-3-25-6-13-29(14-7-25)32(35)41-22-21-40-20-19-39-18-17-38-2/h6-10,12-16,23H,17-22H2,1-2H3. The lowest BCUT2D eigenvalue weighted by molar-refractivity contribution is -0.385. The van der Waals surface area contributed by atoms with Gasteiger partial charge in [0.2, 0.25) is 0 Å². The van der Waals surface area contributed by atoms with E-state index in [1.807, 2.05) is 0 Å². The first kappa shape index (κ1) is 32.1. The number of hydrogen-bond donors (Lipinski definition) is 0. The first-order valence-corrected chi connectivity index (χ1v) is 13.7. The summed E-state index contributed by atoms with van der Waals surface area (Å²) in [6.45, 7) is 3.71. The van der Waals surface area contributed by atoms with Gasteiger partial charge in [0, 0.05) is 41.7 Å². The molecule has 3 aromatic carbocycles. The summed E-state index contributed by atoms with van der Waals surface area (Å²) in [6.07, 6.45) is 0. The summed E-state index contributed by atoms with van der Waals surface area (Å²) in [7, 11) is 1.60. The third-order valence-electron chi connectivity index (χ3n) is 5.39. The fourth-order valence-electron chi connectivity index (χ4n) is 3.35. The van der Waals surface area contributed by atoms with Crippen molar-refractivity contribution in [2.75, 3.05) is 46.8 Å². The first-order valence-electron chi connectivity index (χ1n) is 12.9. The molecule has 0 aliphatic carbocycles. The maximum absolute atomic E-state index is 12.2. The van der Waals surface area contributed by atoms with Crippen LogP contribution in [0.25, 0.3) is 0 Å². The summed E-state index contributed by atoms with van der Waals surface area (Å²) < 4.78 is 20.7.